The minimum absolute atomic E-state index is 0.133. The maximum Gasteiger partial charge on any atom is 0.418 e. The van der Waals surface area contributed by atoms with Crippen molar-refractivity contribution in [1.82, 2.24) is 15.1 Å². The highest BCUT2D eigenvalue weighted by Crippen LogP contribution is 2.47. The minimum Gasteiger partial charge on any atom is -0.427 e. The molecule has 40 heavy (non-hydrogen) atoms. The second-order valence-corrected chi connectivity index (χ2v) is 10.1. The fourth-order valence-electron chi connectivity index (χ4n) is 5.92. The number of aryl methyl sites for hydroxylation is 1. The molecule has 2 saturated heterocycles. The topological polar surface area (TPSA) is 108 Å². The molecule has 1 spiro atoms. The van der Waals surface area contributed by atoms with Crippen LogP contribution in [0.25, 0.3) is 0 Å². The summed E-state index contributed by atoms with van der Waals surface area (Å²) in [4.78, 5) is 53.4. The van der Waals surface area contributed by atoms with Crippen molar-refractivity contribution >= 4 is 29.6 Å². The molecular weight excluding hydrogens is 536 g/mol. The number of hydrogen-bond acceptors (Lipinski definition) is 5. The summed E-state index contributed by atoms with van der Waals surface area (Å²) in [7, 11) is 1.46. The van der Waals surface area contributed by atoms with Gasteiger partial charge in [0, 0.05) is 30.8 Å². The molecule has 2 aliphatic heterocycles. The normalized spacial score (nSPS) is 23.9. The first-order valence-corrected chi connectivity index (χ1v) is 12.7. The fraction of sp³-hybridized carbons (Fsp3) is 0.407. The number of amides is 5. The molecule has 0 aromatic heterocycles. The molecule has 9 nitrogen and oxygen atoms in total. The minimum atomic E-state index is -4.84. The van der Waals surface area contributed by atoms with Crippen molar-refractivity contribution in [2.24, 2.45) is 0 Å². The Morgan fingerprint density at radius 2 is 1.88 bits per heavy atom. The number of hydrogen-bond donors (Lipinski definition) is 2. The molecule has 1 aliphatic carbocycles. The Balaban J connectivity index is 1.39. The molecule has 3 atom stereocenters. The van der Waals surface area contributed by atoms with E-state index in [9.17, 15) is 36.7 Å². The van der Waals surface area contributed by atoms with E-state index in [1.54, 1.807) is 25.1 Å². The first-order chi connectivity index (χ1) is 18.9. The van der Waals surface area contributed by atoms with Gasteiger partial charge in [-0.2, -0.15) is 13.2 Å². The third kappa shape index (κ3) is 4.52. The molecule has 0 saturated carbocycles. The van der Waals surface area contributed by atoms with E-state index in [0.717, 1.165) is 12.1 Å². The zero-order chi connectivity index (χ0) is 29.0. The molecule has 5 rings (SSSR count). The van der Waals surface area contributed by atoms with Gasteiger partial charge in [0.15, 0.2) is 0 Å². The van der Waals surface area contributed by atoms with Crippen LogP contribution in [0.4, 0.5) is 32.8 Å². The average molecular weight is 563 g/mol. The second kappa shape index (κ2) is 9.79. The summed E-state index contributed by atoms with van der Waals surface area (Å²) < 4.78 is 60.4. The number of ether oxygens (including phenoxy) is 1. The van der Waals surface area contributed by atoms with Crippen molar-refractivity contribution < 1.29 is 41.5 Å². The van der Waals surface area contributed by atoms with Gasteiger partial charge in [-0.15, -0.1) is 0 Å². The van der Waals surface area contributed by atoms with Crippen LogP contribution in [0.3, 0.4) is 0 Å². The summed E-state index contributed by atoms with van der Waals surface area (Å²) in [5.74, 6) is -2.51. The lowest BCUT2D eigenvalue weighted by molar-refractivity contribution is -0.144. The summed E-state index contributed by atoms with van der Waals surface area (Å²) in [6, 6.07) is 5.22. The van der Waals surface area contributed by atoms with Gasteiger partial charge in [0.1, 0.15) is 12.4 Å². The van der Waals surface area contributed by atoms with E-state index < -0.39 is 65.7 Å². The largest absolute Gasteiger partial charge is 0.427 e. The van der Waals surface area contributed by atoms with Crippen molar-refractivity contribution in [2.75, 3.05) is 18.9 Å². The van der Waals surface area contributed by atoms with E-state index in [2.05, 4.69) is 10.6 Å². The Labute approximate surface area is 226 Å². The number of carbonyl (C=O) groups excluding carboxylic acids is 4. The Kier molecular flexibility index (Phi) is 6.71. The SMILES string of the molecule is CNC(=O)Nc1ccc2c(c1)CCC21OC(=O)N(CC(=O)N2C(C)CCC2c2ccc(F)cc2C(F)(F)F)C1=O. The first-order valence-electron chi connectivity index (χ1n) is 12.7. The van der Waals surface area contributed by atoms with E-state index in [4.69, 9.17) is 4.74 Å². The molecule has 2 aromatic rings. The number of halogens is 4. The number of nitrogens with zero attached hydrogens (tertiary/aromatic N) is 2. The molecule has 2 N–H and O–H groups in total. The number of carbonyl (C=O) groups is 4. The molecule has 3 unspecified atom stereocenters. The van der Waals surface area contributed by atoms with Crippen LogP contribution < -0.4 is 10.6 Å². The highest BCUT2D eigenvalue weighted by molar-refractivity contribution is 6.06. The summed E-state index contributed by atoms with van der Waals surface area (Å²) in [6.07, 6.45) is -4.79. The van der Waals surface area contributed by atoms with Crippen LogP contribution in [-0.2, 0) is 32.5 Å². The third-order valence-electron chi connectivity index (χ3n) is 7.77. The molecule has 0 bridgehead atoms. The first kappa shape index (κ1) is 27.4. The van der Waals surface area contributed by atoms with E-state index in [0.29, 0.717) is 40.6 Å². The lowest BCUT2D eigenvalue weighted by Gasteiger charge is -2.31. The van der Waals surface area contributed by atoms with Gasteiger partial charge in [-0.25, -0.2) is 18.9 Å². The summed E-state index contributed by atoms with van der Waals surface area (Å²) in [6.45, 7) is 0.951. The Morgan fingerprint density at radius 3 is 2.58 bits per heavy atom. The molecule has 0 radical (unpaired) electrons. The van der Waals surface area contributed by atoms with Gasteiger partial charge in [-0.05, 0) is 61.6 Å². The summed E-state index contributed by atoms with van der Waals surface area (Å²) >= 11 is 0. The molecule has 2 heterocycles. The van der Waals surface area contributed by atoms with Crippen LogP contribution in [0.15, 0.2) is 36.4 Å². The Morgan fingerprint density at radius 1 is 1.12 bits per heavy atom. The zero-order valence-electron chi connectivity index (χ0n) is 21.6. The quantitative estimate of drug-likeness (QED) is 0.535. The Bertz CT molecular complexity index is 1410. The molecule has 5 amide bonds. The van der Waals surface area contributed by atoms with Crippen LogP contribution in [-0.4, -0.2) is 53.4 Å². The Hall–Kier alpha value is -4.16. The second-order valence-electron chi connectivity index (χ2n) is 10.1. The maximum atomic E-state index is 13.7. The molecule has 212 valence electrons. The molecule has 3 aliphatic rings. The number of alkyl halides is 3. The van der Waals surface area contributed by atoms with Crippen molar-refractivity contribution in [3.8, 4) is 0 Å². The molecule has 13 heteroatoms. The number of nitrogens with one attached hydrogen (secondary N) is 2. The van der Waals surface area contributed by atoms with E-state index in [1.165, 1.54) is 11.9 Å². The number of likely N-dealkylation sites (tertiary alicyclic amines) is 1. The van der Waals surface area contributed by atoms with Crippen LogP contribution >= 0.6 is 0 Å². The number of rotatable bonds is 4. The van der Waals surface area contributed by atoms with Crippen LogP contribution in [0.2, 0.25) is 0 Å². The smallest absolute Gasteiger partial charge is 0.418 e. The monoisotopic (exact) mass is 562 g/mol. The highest BCUT2D eigenvalue weighted by atomic mass is 19.4. The van der Waals surface area contributed by atoms with Crippen molar-refractivity contribution in [2.45, 2.75) is 56.5 Å². The van der Waals surface area contributed by atoms with Gasteiger partial charge in [0.25, 0.3) is 5.91 Å². The maximum absolute atomic E-state index is 13.7. The van der Waals surface area contributed by atoms with Gasteiger partial charge in [-0.3, -0.25) is 9.59 Å². The third-order valence-corrected chi connectivity index (χ3v) is 7.77. The predicted molar refractivity (Wildman–Crippen MR) is 132 cm³/mol. The fourth-order valence-corrected chi connectivity index (χ4v) is 5.92. The van der Waals surface area contributed by atoms with Crippen LogP contribution in [0.1, 0.15) is 54.5 Å². The van der Waals surface area contributed by atoms with Gasteiger partial charge < -0.3 is 20.3 Å². The number of benzene rings is 2. The van der Waals surface area contributed by atoms with E-state index >= 15 is 0 Å². The van der Waals surface area contributed by atoms with E-state index in [1.807, 2.05) is 0 Å². The standard InChI is InChI=1S/C27H26F4N4O5/c1-14-3-8-21(18-6-4-16(28)12-20(18)27(29,30)31)35(14)22(36)13-34-23(37)26(40-25(34)39)10-9-15-11-17(5-7-19(15)26)33-24(38)32-2/h4-7,11-12,14,21H,3,8-10,13H2,1-2H3,(H2,32,33,38). The molecule has 2 fully saturated rings. The number of imide groups is 1. The number of anilines is 1. The zero-order valence-corrected chi connectivity index (χ0v) is 21.6. The summed E-state index contributed by atoms with van der Waals surface area (Å²) in [5, 5.41) is 5.06. The predicted octanol–water partition coefficient (Wildman–Crippen LogP) is 4.47. The average Bonchev–Trinajstić information content (AvgIpc) is 3.53. The molecular formula is C27H26F4N4O5. The van der Waals surface area contributed by atoms with Crippen molar-refractivity contribution in [1.29, 1.82) is 0 Å². The summed E-state index contributed by atoms with van der Waals surface area (Å²) in [5.41, 5.74) is -1.44. The van der Waals surface area contributed by atoms with Gasteiger partial charge in [0.05, 0.1) is 11.6 Å². The van der Waals surface area contributed by atoms with Crippen molar-refractivity contribution in [3.05, 3.63) is 64.5 Å². The van der Waals surface area contributed by atoms with Crippen LogP contribution in [0.5, 0.6) is 0 Å². The van der Waals surface area contributed by atoms with Gasteiger partial charge in [-0.1, -0.05) is 12.1 Å². The van der Waals surface area contributed by atoms with Crippen molar-refractivity contribution in [3.63, 3.8) is 0 Å². The highest BCUT2D eigenvalue weighted by Gasteiger charge is 2.58. The molecule has 2 aromatic carbocycles. The van der Waals surface area contributed by atoms with Gasteiger partial charge >= 0.3 is 18.3 Å². The lowest BCUT2D eigenvalue weighted by atomic mass is 9.94. The van der Waals surface area contributed by atoms with E-state index in [-0.39, 0.29) is 18.4 Å². The lowest BCUT2D eigenvalue weighted by Crippen LogP contribution is -2.46. The number of urea groups is 1. The van der Waals surface area contributed by atoms with Gasteiger partial charge in [0.2, 0.25) is 11.5 Å². The number of fused-ring (bicyclic) bond motifs is 2. The van der Waals surface area contributed by atoms with Crippen LogP contribution in [0, 0.1) is 5.82 Å².